The van der Waals surface area contributed by atoms with Gasteiger partial charge in [-0.25, -0.2) is 43.6 Å². The Kier molecular flexibility index (Phi) is 25.7. The molecule has 0 spiro atoms. The summed E-state index contributed by atoms with van der Waals surface area (Å²) in [5, 5.41) is 3.57. The number of aromatic nitrogens is 8. The van der Waals surface area contributed by atoms with E-state index in [0.29, 0.717) is 70.9 Å². The summed E-state index contributed by atoms with van der Waals surface area (Å²) in [6.45, 7) is 0. The van der Waals surface area contributed by atoms with E-state index in [1.165, 1.54) is 0 Å². The summed E-state index contributed by atoms with van der Waals surface area (Å²) in [4.78, 5) is 39.3. The SMILES string of the molecule is CS(=O)(=O)[O-].CS(=O)(=O)[O-].CS(=O)(=O)[O-].CS(=O)(=O)[O-].[Cu+2].[Na+].[Na+].[Na+].[Na+].c1ccc2c(c1)-c1nc-2nc2[n-]c(nc3nc(nc4[n-]c(n1)c1ccccc41)-c1ccccc1-3)c1ccccc21. The summed E-state index contributed by atoms with van der Waals surface area (Å²) in [7, 11) is -15.7. The summed E-state index contributed by atoms with van der Waals surface area (Å²) in [6.07, 6.45) is 2.42. The first-order valence-corrected chi connectivity index (χ1v) is 23.8. The first-order valence-electron chi connectivity index (χ1n) is 16.5. The van der Waals surface area contributed by atoms with Crippen molar-refractivity contribution in [3.05, 3.63) is 97.1 Å². The van der Waals surface area contributed by atoms with Crippen molar-refractivity contribution in [2.75, 3.05) is 25.0 Å². The Balaban J connectivity index is 0.00000140. The van der Waals surface area contributed by atoms with Crippen LogP contribution in [0.3, 0.4) is 0 Å². The van der Waals surface area contributed by atoms with Crippen molar-refractivity contribution in [3.63, 3.8) is 0 Å². The number of hydrogen-bond donors (Lipinski definition) is 0. The molecule has 65 heavy (non-hydrogen) atoms. The summed E-state index contributed by atoms with van der Waals surface area (Å²) in [5.74, 6) is 2.21. The van der Waals surface area contributed by atoms with Crippen LogP contribution in [0.1, 0.15) is 0 Å². The number of hydrogen-bond acceptors (Lipinski definition) is 18. The maximum atomic E-state index is 9.08. The van der Waals surface area contributed by atoms with Gasteiger partial charge in [0.05, 0.1) is 63.8 Å². The van der Waals surface area contributed by atoms with Gasteiger partial charge in [0, 0.05) is 69.9 Å². The summed E-state index contributed by atoms with van der Waals surface area (Å²) >= 11 is 0. The third-order valence-electron chi connectivity index (χ3n) is 7.33. The van der Waals surface area contributed by atoms with Crippen LogP contribution in [0, 0.1) is 0 Å². The van der Waals surface area contributed by atoms with Gasteiger partial charge in [-0.1, -0.05) is 97.1 Å². The molecule has 323 valence electrons. The number of benzene rings is 4. The maximum absolute atomic E-state index is 9.08. The fraction of sp³-hybridized carbons (Fsp3) is 0.111. The minimum Gasteiger partial charge on any atom is -0.748 e. The number of nitrogens with zero attached hydrogens (tertiary/aromatic N) is 8. The first-order chi connectivity index (χ1) is 27.8. The zero-order valence-electron chi connectivity index (χ0n) is 35.6. The molecule has 29 heteroatoms. The fourth-order valence-corrected chi connectivity index (χ4v) is 5.46. The van der Waals surface area contributed by atoms with Crippen molar-refractivity contribution in [2.24, 2.45) is 0 Å². The first kappa shape index (κ1) is 63.4. The van der Waals surface area contributed by atoms with Crippen LogP contribution in [-0.4, -0.2) is 107 Å². The zero-order valence-corrected chi connectivity index (χ0v) is 47.9. The Bertz CT molecular complexity index is 2950. The van der Waals surface area contributed by atoms with Gasteiger partial charge in [-0.3, -0.25) is 0 Å². The Labute approximate surface area is 472 Å². The molecular formula is C36H28CuN8Na4O12S4. The summed E-state index contributed by atoms with van der Waals surface area (Å²) in [5.41, 5.74) is 5.78. The van der Waals surface area contributed by atoms with E-state index in [9.17, 15) is 0 Å². The van der Waals surface area contributed by atoms with Gasteiger partial charge in [0.15, 0.2) is 0 Å². The molecule has 2 aliphatic rings. The second kappa shape index (κ2) is 26.4. The van der Waals surface area contributed by atoms with Crippen LogP contribution in [0.15, 0.2) is 97.1 Å². The van der Waals surface area contributed by atoms with Crippen molar-refractivity contribution >= 4 is 84.6 Å². The van der Waals surface area contributed by atoms with E-state index in [1.807, 2.05) is 97.1 Å². The van der Waals surface area contributed by atoms with Crippen molar-refractivity contribution < 1.29 is 187 Å². The predicted molar refractivity (Wildman–Crippen MR) is 216 cm³/mol. The van der Waals surface area contributed by atoms with Crippen LogP contribution in [0.25, 0.3) is 89.7 Å². The summed E-state index contributed by atoms with van der Waals surface area (Å²) in [6, 6.07) is 31.8. The Morgan fingerprint density at radius 1 is 0.338 bits per heavy atom. The van der Waals surface area contributed by atoms with E-state index >= 15 is 0 Å². The molecule has 0 atom stereocenters. The van der Waals surface area contributed by atoms with Gasteiger partial charge in [0.2, 0.25) is 0 Å². The van der Waals surface area contributed by atoms with Gasteiger partial charge in [0.1, 0.15) is 0 Å². The van der Waals surface area contributed by atoms with Crippen LogP contribution >= 0.6 is 0 Å². The normalized spacial score (nSPS) is 11.0. The van der Waals surface area contributed by atoms with Crippen molar-refractivity contribution in [3.8, 4) is 45.6 Å². The van der Waals surface area contributed by atoms with Gasteiger partial charge in [0.25, 0.3) is 0 Å². The maximum Gasteiger partial charge on any atom is 2.00 e. The third kappa shape index (κ3) is 20.1. The van der Waals surface area contributed by atoms with Crippen LogP contribution in [0.5, 0.6) is 0 Å². The van der Waals surface area contributed by atoms with Gasteiger partial charge >= 0.3 is 135 Å². The summed E-state index contributed by atoms with van der Waals surface area (Å²) < 4.78 is 109. The standard InChI is InChI=1S/C32H16N8.4CH4O3S.Cu.4Na/c1-2-10-18-17(9-1)25-33-26(18)38-28-21-13-5-6-14-22(21)30(35-28)40-32-24-16-8-7-15-23(24)31(36-32)39-29-20-12-4-3-11-19(20)27(34-29)37-25;4*1-5(2,3)4;;;;;/h1-16H;4*1H3,(H,2,3,4);;;;;/q-2;;;;;+2;4*+1/p-4. The molecule has 5 heterocycles. The molecule has 2 aliphatic heterocycles. The molecule has 0 amide bonds. The topological polar surface area (TPSA) is 334 Å². The van der Waals surface area contributed by atoms with Crippen LogP contribution in [0.2, 0.25) is 0 Å². The van der Waals surface area contributed by atoms with Crippen molar-refractivity contribution in [1.82, 2.24) is 39.9 Å². The smallest absolute Gasteiger partial charge is 0.748 e. The molecule has 0 fully saturated rings. The van der Waals surface area contributed by atoms with E-state index in [1.54, 1.807) is 0 Å². The third-order valence-corrected chi connectivity index (χ3v) is 7.33. The molecular weight excluding hydrogens is 1020 g/mol. The van der Waals surface area contributed by atoms with Crippen LogP contribution in [0.4, 0.5) is 0 Å². The van der Waals surface area contributed by atoms with Gasteiger partial charge in [-0.05, 0) is 21.5 Å². The second-order valence-electron chi connectivity index (χ2n) is 12.5. The predicted octanol–water partition coefficient (Wildman–Crippen LogP) is -9.21. The molecule has 8 bridgehead atoms. The molecule has 0 saturated carbocycles. The molecule has 20 nitrogen and oxygen atoms in total. The Morgan fingerprint density at radius 2 is 0.492 bits per heavy atom. The largest absolute Gasteiger partial charge is 2.00 e. The zero-order chi connectivity index (χ0) is 44.2. The Hall–Kier alpha value is -1.60. The Morgan fingerprint density at radius 3 is 0.662 bits per heavy atom. The van der Waals surface area contributed by atoms with Gasteiger partial charge < -0.3 is 48.1 Å². The molecule has 0 unspecified atom stereocenters. The van der Waals surface area contributed by atoms with Crippen molar-refractivity contribution in [1.29, 1.82) is 0 Å². The van der Waals surface area contributed by atoms with Gasteiger partial charge in [-0.2, -0.15) is 0 Å². The number of rotatable bonds is 0. The quantitative estimate of drug-likeness (QED) is 0.101. The molecule has 4 aromatic carbocycles. The molecule has 7 aromatic rings. The van der Waals surface area contributed by atoms with E-state index in [-0.39, 0.29) is 135 Å². The molecule has 0 N–H and O–H groups in total. The second-order valence-corrected chi connectivity index (χ2v) is 18.1. The fourth-order valence-electron chi connectivity index (χ4n) is 5.46. The average Bonchev–Trinajstić information content (AvgIpc) is 3.85. The van der Waals surface area contributed by atoms with Gasteiger partial charge in [-0.15, -0.1) is 0 Å². The van der Waals surface area contributed by atoms with Crippen molar-refractivity contribution in [2.45, 2.75) is 0 Å². The van der Waals surface area contributed by atoms with Crippen LogP contribution in [-0.2, 0) is 57.5 Å². The average molecular weight is 1050 g/mol. The number of fused-ring (bicyclic) bond motifs is 20. The minimum absolute atomic E-state index is 0. The van der Waals surface area contributed by atoms with Crippen LogP contribution < -0.4 is 128 Å². The van der Waals surface area contributed by atoms with E-state index < -0.39 is 40.5 Å². The molecule has 0 saturated heterocycles. The van der Waals surface area contributed by atoms with E-state index in [0.717, 1.165) is 43.8 Å². The molecule has 1 radical (unpaired) electrons. The molecule has 9 rings (SSSR count). The van der Waals surface area contributed by atoms with E-state index in [4.69, 9.17) is 91.8 Å². The monoisotopic (exact) mass is 1050 g/mol. The molecule has 0 aliphatic carbocycles. The van der Waals surface area contributed by atoms with E-state index in [2.05, 4.69) is 0 Å². The minimum atomic E-state index is -3.92. The molecule has 3 aromatic heterocycles.